The first-order chi connectivity index (χ1) is 13.6. The minimum Gasteiger partial charge on any atom is -0.457 e. The summed E-state index contributed by atoms with van der Waals surface area (Å²) in [6.07, 6.45) is 1.92. The van der Waals surface area contributed by atoms with E-state index in [4.69, 9.17) is 10.5 Å². The highest BCUT2D eigenvalue weighted by Gasteiger charge is 2.21. The van der Waals surface area contributed by atoms with Crippen molar-refractivity contribution in [3.63, 3.8) is 0 Å². The van der Waals surface area contributed by atoms with E-state index >= 15 is 0 Å². The molecule has 0 spiro atoms. The zero-order valence-corrected chi connectivity index (χ0v) is 16.9. The predicted octanol–water partition coefficient (Wildman–Crippen LogP) is 2.87. The number of primary amides is 1. The number of urea groups is 1. The number of hydrogen-bond acceptors (Lipinski definition) is 4. The number of nitrogens with one attached hydrogen (secondary N) is 3. The second-order valence-corrected chi connectivity index (χ2v) is 6.84. The summed E-state index contributed by atoms with van der Waals surface area (Å²) in [7, 11) is 0. The summed E-state index contributed by atoms with van der Waals surface area (Å²) in [5.74, 6) is 1.22. The fourth-order valence-electron chi connectivity index (χ4n) is 3.28. The van der Waals surface area contributed by atoms with Gasteiger partial charge in [-0.1, -0.05) is 30.3 Å². The molecule has 7 nitrogen and oxygen atoms in total. The van der Waals surface area contributed by atoms with E-state index in [-0.39, 0.29) is 30.8 Å². The van der Waals surface area contributed by atoms with E-state index < -0.39 is 12.1 Å². The third kappa shape index (κ3) is 7.29. The molecule has 0 radical (unpaired) electrons. The first-order valence-corrected chi connectivity index (χ1v) is 9.49. The zero-order chi connectivity index (χ0) is 19.8. The third-order valence-electron chi connectivity index (χ3n) is 4.65. The van der Waals surface area contributed by atoms with Crippen molar-refractivity contribution in [2.45, 2.75) is 31.3 Å². The van der Waals surface area contributed by atoms with E-state index in [9.17, 15) is 9.59 Å². The van der Waals surface area contributed by atoms with Crippen LogP contribution in [0, 0.1) is 0 Å². The van der Waals surface area contributed by atoms with Crippen LogP contribution in [0.4, 0.5) is 4.79 Å². The number of nitrogens with two attached hydrogens (primary N) is 1. The Morgan fingerprint density at radius 1 is 1.07 bits per heavy atom. The molecule has 2 aromatic carbocycles. The number of benzene rings is 2. The summed E-state index contributed by atoms with van der Waals surface area (Å²) in [6.45, 7) is 1.79. The Hall–Kier alpha value is -2.77. The van der Waals surface area contributed by atoms with E-state index in [0.29, 0.717) is 11.5 Å². The Kier molecular flexibility index (Phi) is 8.76. The molecule has 29 heavy (non-hydrogen) atoms. The van der Waals surface area contributed by atoms with Crippen molar-refractivity contribution < 1.29 is 14.3 Å². The van der Waals surface area contributed by atoms with E-state index in [2.05, 4.69) is 16.0 Å². The van der Waals surface area contributed by atoms with Crippen LogP contribution in [0.25, 0.3) is 0 Å². The lowest BCUT2D eigenvalue weighted by atomic mass is 10.0. The second-order valence-electron chi connectivity index (χ2n) is 6.84. The lowest BCUT2D eigenvalue weighted by Gasteiger charge is -2.25. The van der Waals surface area contributed by atoms with Gasteiger partial charge in [0.25, 0.3) is 0 Å². The maximum atomic E-state index is 12.5. The Morgan fingerprint density at radius 3 is 2.45 bits per heavy atom. The summed E-state index contributed by atoms with van der Waals surface area (Å²) in [5, 5.41) is 8.98. The third-order valence-corrected chi connectivity index (χ3v) is 4.65. The monoisotopic (exact) mass is 418 g/mol. The molecule has 3 rings (SSSR count). The highest BCUT2D eigenvalue weighted by atomic mass is 35.5. The number of halogens is 1. The van der Waals surface area contributed by atoms with Crippen LogP contribution in [0.3, 0.4) is 0 Å². The molecule has 1 atom stereocenters. The van der Waals surface area contributed by atoms with Gasteiger partial charge in [0.05, 0.1) is 12.5 Å². The minimum absolute atomic E-state index is 0. The molecular formula is C21H27ClN4O3. The molecule has 156 valence electrons. The minimum atomic E-state index is -0.672. The van der Waals surface area contributed by atoms with Gasteiger partial charge in [-0.3, -0.25) is 4.79 Å². The summed E-state index contributed by atoms with van der Waals surface area (Å²) in [4.78, 5) is 24.0. The molecule has 5 N–H and O–H groups in total. The summed E-state index contributed by atoms with van der Waals surface area (Å²) in [5.41, 5.74) is 6.09. The maximum absolute atomic E-state index is 12.5. The van der Waals surface area contributed by atoms with Crippen LogP contribution in [-0.4, -0.2) is 31.1 Å². The van der Waals surface area contributed by atoms with Gasteiger partial charge >= 0.3 is 6.03 Å². The molecule has 0 aromatic heterocycles. The summed E-state index contributed by atoms with van der Waals surface area (Å²) in [6, 6.07) is 15.7. The fourth-order valence-corrected chi connectivity index (χ4v) is 3.28. The first-order valence-electron chi connectivity index (χ1n) is 9.49. The van der Waals surface area contributed by atoms with E-state index in [1.165, 1.54) is 0 Å². The molecule has 1 saturated heterocycles. The molecule has 3 amide bonds. The number of carbonyl (C=O) groups is 2. The van der Waals surface area contributed by atoms with Gasteiger partial charge in [-0.2, -0.15) is 0 Å². The average molecular weight is 419 g/mol. The smallest absolute Gasteiger partial charge is 0.312 e. The molecule has 1 aliphatic rings. The van der Waals surface area contributed by atoms with Crippen molar-refractivity contribution in [2.24, 2.45) is 5.73 Å². The highest BCUT2D eigenvalue weighted by molar-refractivity contribution is 5.85. The average Bonchev–Trinajstić information content (AvgIpc) is 2.69. The molecule has 1 aliphatic heterocycles. The van der Waals surface area contributed by atoms with Crippen LogP contribution in [0.1, 0.15) is 30.9 Å². The highest BCUT2D eigenvalue weighted by Crippen LogP contribution is 2.26. The standard InChI is InChI=1S/C21H26N4O3.ClH/c22-21(27)25-19(14-20(26)24-16-9-11-23-12-10-16)15-5-4-8-18(13-15)28-17-6-2-1-3-7-17;/h1-8,13,16,19,23H,9-12,14H2,(H,24,26)(H3,22,25,27);1H. The number of piperidine rings is 1. The van der Waals surface area contributed by atoms with Gasteiger partial charge in [0.1, 0.15) is 11.5 Å². The number of amides is 3. The molecule has 1 unspecified atom stereocenters. The van der Waals surface area contributed by atoms with Gasteiger partial charge in [-0.05, 0) is 55.8 Å². The lowest BCUT2D eigenvalue weighted by molar-refractivity contribution is -0.122. The summed E-state index contributed by atoms with van der Waals surface area (Å²) >= 11 is 0. The Morgan fingerprint density at radius 2 is 1.76 bits per heavy atom. The number of rotatable bonds is 7. The van der Waals surface area contributed by atoms with Crippen LogP contribution in [-0.2, 0) is 4.79 Å². The Bertz CT molecular complexity index is 798. The van der Waals surface area contributed by atoms with Gasteiger partial charge in [-0.15, -0.1) is 12.4 Å². The van der Waals surface area contributed by atoms with Crippen molar-refractivity contribution in [3.8, 4) is 11.5 Å². The van der Waals surface area contributed by atoms with Gasteiger partial charge < -0.3 is 26.4 Å². The van der Waals surface area contributed by atoms with E-state index in [0.717, 1.165) is 31.5 Å². The van der Waals surface area contributed by atoms with Crippen molar-refractivity contribution >= 4 is 24.3 Å². The van der Waals surface area contributed by atoms with Crippen molar-refractivity contribution in [2.75, 3.05) is 13.1 Å². The lowest BCUT2D eigenvalue weighted by Crippen LogP contribution is -2.44. The Balaban J connectivity index is 0.00000300. The molecule has 0 saturated carbocycles. The summed E-state index contributed by atoms with van der Waals surface area (Å²) < 4.78 is 5.85. The number of ether oxygens (including phenoxy) is 1. The van der Waals surface area contributed by atoms with Gasteiger partial charge in [-0.25, -0.2) is 4.79 Å². The van der Waals surface area contributed by atoms with Crippen LogP contribution >= 0.6 is 12.4 Å². The van der Waals surface area contributed by atoms with Crippen molar-refractivity contribution in [3.05, 3.63) is 60.2 Å². The number of para-hydroxylation sites is 1. The molecule has 2 aromatic rings. The van der Waals surface area contributed by atoms with E-state index in [1.54, 1.807) is 0 Å². The second kappa shape index (κ2) is 11.3. The largest absolute Gasteiger partial charge is 0.457 e. The van der Waals surface area contributed by atoms with Crippen LogP contribution in [0.2, 0.25) is 0 Å². The van der Waals surface area contributed by atoms with Crippen molar-refractivity contribution in [1.82, 2.24) is 16.0 Å². The predicted molar refractivity (Wildman–Crippen MR) is 114 cm³/mol. The fraction of sp³-hybridized carbons (Fsp3) is 0.333. The Labute approximate surface area is 176 Å². The molecule has 8 heteroatoms. The van der Waals surface area contributed by atoms with Crippen LogP contribution in [0.5, 0.6) is 11.5 Å². The molecule has 1 heterocycles. The van der Waals surface area contributed by atoms with Crippen LogP contribution in [0.15, 0.2) is 54.6 Å². The SMILES string of the molecule is Cl.NC(=O)NC(CC(=O)NC1CCNCC1)c1cccc(Oc2ccccc2)c1. The molecular weight excluding hydrogens is 392 g/mol. The number of carbonyl (C=O) groups excluding carboxylic acids is 2. The van der Waals surface area contributed by atoms with E-state index in [1.807, 2.05) is 54.6 Å². The molecule has 1 fully saturated rings. The normalized spacial score (nSPS) is 14.9. The topological polar surface area (TPSA) is 105 Å². The first kappa shape index (κ1) is 22.5. The van der Waals surface area contributed by atoms with Crippen LogP contribution < -0.4 is 26.4 Å². The van der Waals surface area contributed by atoms with Gasteiger partial charge in [0, 0.05) is 6.04 Å². The quantitative estimate of drug-likeness (QED) is 0.554. The molecule has 0 bridgehead atoms. The van der Waals surface area contributed by atoms with Crippen molar-refractivity contribution in [1.29, 1.82) is 0 Å². The number of hydrogen-bond donors (Lipinski definition) is 4. The molecule has 0 aliphatic carbocycles. The van der Waals surface area contributed by atoms with Gasteiger partial charge in [0.2, 0.25) is 5.91 Å². The van der Waals surface area contributed by atoms with Gasteiger partial charge in [0.15, 0.2) is 0 Å². The zero-order valence-electron chi connectivity index (χ0n) is 16.1. The maximum Gasteiger partial charge on any atom is 0.312 e.